The highest BCUT2D eigenvalue weighted by molar-refractivity contribution is 9.10. The summed E-state index contributed by atoms with van der Waals surface area (Å²) in [6.07, 6.45) is 0.531. The molecule has 0 unspecified atom stereocenters. The first-order valence-electron chi connectivity index (χ1n) is 6.80. The molecule has 2 heterocycles. The number of nitrogens with one attached hydrogen (secondary N) is 1. The van der Waals surface area contributed by atoms with Gasteiger partial charge in [-0.15, -0.1) is 11.3 Å². The molecule has 0 bridgehead atoms. The van der Waals surface area contributed by atoms with Crippen LogP contribution in [0.2, 0.25) is 0 Å². The predicted molar refractivity (Wildman–Crippen MR) is 88.9 cm³/mol. The Labute approximate surface area is 149 Å². The minimum absolute atomic E-state index is 0.109. The topological polar surface area (TPSA) is 66.5 Å². The Bertz CT molecular complexity index is 891. The van der Waals surface area contributed by atoms with Gasteiger partial charge in [-0.25, -0.2) is 13.5 Å². The maximum atomic E-state index is 13.8. The Morgan fingerprint density at radius 2 is 1.96 bits per heavy atom. The van der Waals surface area contributed by atoms with E-state index < -0.39 is 33.3 Å². The fourth-order valence-electron chi connectivity index (χ4n) is 2.42. The van der Waals surface area contributed by atoms with Crippen LogP contribution in [0.15, 0.2) is 28.1 Å². The third-order valence-electron chi connectivity index (χ3n) is 3.57. The molecule has 0 saturated heterocycles. The van der Waals surface area contributed by atoms with E-state index in [1.54, 1.807) is 16.1 Å². The summed E-state index contributed by atoms with van der Waals surface area (Å²) in [5.41, 5.74) is -0.0694. The number of halogens is 3. The van der Waals surface area contributed by atoms with Gasteiger partial charge in [-0.3, -0.25) is 4.79 Å². The molecule has 5 nitrogen and oxygen atoms in total. The van der Waals surface area contributed by atoms with Crippen LogP contribution in [0.4, 0.5) is 8.78 Å². The van der Waals surface area contributed by atoms with Crippen molar-refractivity contribution in [3.63, 3.8) is 0 Å². The van der Waals surface area contributed by atoms with Crippen LogP contribution in [0.1, 0.15) is 20.8 Å². The van der Waals surface area contributed by atoms with Gasteiger partial charge in [0.2, 0.25) is 0 Å². The van der Waals surface area contributed by atoms with Crippen LogP contribution in [-0.2, 0) is 23.2 Å². The van der Waals surface area contributed by atoms with E-state index in [1.807, 2.05) is 11.4 Å². The van der Waals surface area contributed by atoms with E-state index in [0.29, 0.717) is 6.42 Å². The molecular formula is C14H11BrF2N2O3S2. The van der Waals surface area contributed by atoms with Crippen molar-refractivity contribution in [3.05, 3.63) is 55.7 Å². The lowest BCUT2D eigenvalue weighted by Gasteiger charge is -2.26. The Hall–Kier alpha value is -1.36. The highest BCUT2D eigenvalue weighted by Gasteiger charge is 2.30. The van der Waals surface area contributed by atoms with Crippen molar-refractivity contribution in [2.45, 2.75) is 13.0 Å². The average molecular weight is 437 g/mol. The van der Waals surface area contributed by atoms with Gasteiger partial charge in [0.25, 0.3) is 5.91 Å². The lowest BCUT2D eigenvalue weighted by molar-refractivity contribution is 0.0970. The summed E-state index contributed by atoms with van der Waals surface area (Å²) in [4.78, 5) is 13.1. The summed E-state index contributed by atoms with van der Waals surface area (Å²) in [5, 5.41) is 1.87. The summed E-state index contributed by atoms with van der Waals surface area (Å²) < 4.78 is 55.2. The highest BCUT2D eigenvalue weighted by atomic mass is 79.9. The smallest absolute Gasteiger partial charge is 0.268 e. The fourth-order valence-corrected chi connectivity index (χ4v) is 4.82. The van der Waals surface area contributed by atoms with Crippen molar-refractivity contribution >= 4 is 43.4 Å². The maximum absolute atomic E-state index is 13.8. The van der Waals surface area contributed by atoms with Gasteiger partial charge >= 0.3 is 10.2 Å². The number of benzene rings is 1. The number of rotatable bonds is 3. The largest absolute Gasteiger partial charge is 0.304 e. The molecule has 3 rings (SSSR count). The first-order chi connectivity index (χ1) is 11.3. The summed E-state index contributed by atoms with van der Waals surface area (Å²) in [6, 6.07) is 3.60. The second-order valence-electron chi connectivity index (χ2n) is 5.13. The maximum Gasteiger partial charge on any atom is 0.304 e. The molecule has 1 N–H and O–H groups in total. The zero-order valence-corrected chi connectivity index (χ0v) is 15.3. The molecule has 1 aromatic carbocycles. The van der Waals surface area contributed by atoms with Crippen LogP contribution in [0, 0.1) is 11.6 Å². The second kappa shape index (κ2) is 6.51. The highest BCUT2D eigenvalue weighted by Crippen LogP contribution is 2.25. The normalized spacial score (nSPS) is 15.1. The third-order valence-corrected chi connectivity index (χ3v) is 6.48. The third kappa shape index (κ3) is 3.37. The Morgan fingerprint density at radius 1 is 1.29 bits per heavy atom. The van der Waals surface area contributed by atoms with Crippen molar-refractivity contribution in [2.24, 2.45) is 0 Å². The summed E-state index contributed by atoms with van der Waals surface area (Å²) in [7, 11) is -4.20. The average Bonchev–Trinajstić information content (AvgIpc) is 2.92. The van der Waals surface area contributed by atoms with Crippen molar-refractivity contribution < 1.29 is 22.0 Å². The number of carbonyl (C=O) groups excluding carboxylic acids is 1. The summed E-state index contributed by atoms with van der Waals surface area (Å²) in [6.45, 7) is 0.314. The van der Waals surface area contributed by atoms with E-state index in [4.69, 9.17) is 0 Å². The van der Waals surface area contributed by atoms with Crippen LogP contribution in [0.25, 0.3) is 0 Å². The predicted octanol–water partition coefficient (Wildman–Crippen LogP) is 2.82. The van der Waals surface area contributed by atoms with Gasteiger partial charge in [-0.2, -0.15) is 12.7 Å². The summed E-state index contributed by atoms with van der Waals surface area (Å²) in [5.74, 6) is -3.63. The number of nitrogens with zero attached hydrogens (tertiary/aromatic N) is 1. The van der Waals surface area contributed by atoms with Gasteiger partial charge in [0.15, 0.2) is 0 Å². The van der Waals surface area contributed by atoms with Crippen molar-refractivity contribution in [1.82, 2.24) is 9.03 Å². The van der Waals surface area contributed by atoms with Crippen LogP contribution in [-0.4, -0.2) is 25.2 Å². The number of hydrogen-bond donors (Lipinski definition) is 1. The molecule has 0 atom stereocenters. The zero-order chi connectivity index (χ0) is 17.5. The SMILES string of the molecule is O=C(NS(=O)(=O)N1CCc2sccc2C1)c1c(F)cc(Br)cc1F. The first kappa shape index (κ1) is 17.5. The van der Waals surface area contributed by atoms with Crippen LogP contribution in [0.3, 0.4) is 0 Å². The van der Waals surface area contributed by atoms with Gasteiger partial charge in [0.05, 0.1) is 0 Å². The van der Waals surface area contributed by atoms with E-state index >= 15 is 0 Å². The molecule has 24 heavy (non-hydrogen) atoms. The van der Waals surface area contributed by atoms with Gasteiger partial charge in [-0.1, -0.05) is 15.9 Å². The lowest BCUT2D eigenvalue weighted by atomic mass is 10.1. The Balaban J connectivity index is 1.82. The minimum atomic E-state index is -4.20. The lowest BCUT2D eigenvalue weighted by Crippen LogP contribution is -2.45. The molecule has 1 aliphatic heterocycles. The zero-order valence-electron chi connectivity index (χ0n) is 12.1. The molecule has 2 aromatic rings. The van der Waals surface area contributed by atoms with Gasteiger partial charge in [0.1, 0.15) is 17.2 Å². The number of fused-ring (bicyclic) bond motifs is 1. The molecule has 0 radical (unpaired) electrons. The van der Waals surface area contributed by atoms with E-state index in [0.717, 1.165) is 26.9 Å². The Kier molecular flexibility index (Phi) is 4.73. The van der Waals surface area contributed by atoms with Gasteiger partial charge in [0, 0.05) is 22.4 Å². The quantitative estimate of drug-likeness (QED) is 0.804. The van der Waals surface area contributed by atoms with Crippen molar-refractivity contribution in [1.29, 1.82) is 0 Å². The fraction of sp³-hybridized carbons (Fsp3) is 0.214. The van der Waals surface area contributed by atoms with E-state index in [-0.39, 0.29) is 17.6 Å². The number of amides is 1. The minimum Gasteiger partial charge on any atom is -0.268 e. The van der Waals surface area contributed by atoms with Crippen LogP contribution < -0.4 is 4.72 Å². The van der Waals surface area contributed by atoms with E-state index in [2.05, 4.69) is 15.9 Å². The second-order valence-corrected chi connectivity index (χ2v) is 8.72. The number of carbonyl (C=O) groups is 1. The molecule has 0 aliphatic carbocycles. The summed E-state index contributed by atoms with van der Waals surface area (Å²) >= 11 is 4.44. The molecular weight excluding hydrogens is 426 g/mol. The number of hydrogen-bond acceptors (Lipinski definition) is 4. The molecule has 128 valence electrons. The molecule has 10 heteroatoms. The molecule has 0 spiro atoms. The standard InChI is InChI=1S/C14H11BrF2N2O3S2/c15-9-5-10(16)13(11(17)6-9)14(20)18-24(21,22)19-3-1-12-8(7-19)2-4-23-12/h2,4-6H,1,3,7H2,(H,18,20). The molecule has 1 aliphatic rings. The molecule has 1 amide bonds. The van der Waals surface area contributed by atoms with Gasteiger partial charge in [-0.05, 0) is 35.6 Å². The van der Waals surface area contributed by atoms with Crippen LogP contribution in [0.5, 0.6) is 0 Å². The van der Waals surface area contributed by atoms with Crippen molar-refractivity contribution in [2.75, 3.05) is 6.54 Å². The van der Waals surface area contributed by atoms with Crippen LogP contribution >= 0.6 is 27.3 Å². The van der Waals surface area contributed by atoms with E-state index in [1.165, 1.54) is 0 Å². The first-order valence-corrected chi connectivity index (χ1v) is 9.91. The van der Waals surface area contributed by atoms with E-state index in [9.17, 15) is 22.0 Å². The monoisotopic (exact) mass is 436 g/mol. The van der Waals surface area contributed by atoms with Crippen molar-refractivity contribution in [3.8, 4) is 0 Å². The molecule has 0 fully saturated rings. The molecule has 0 saturated carbocycles. The van der Waals surface area contributed by atoms with Gasteiger partial charge < -0.3 is 0 Å². The Morgan fingerprint density at radius 3 is 2.62 bits per heavy atom. The number of thiophene rings is 1. The molecule has 1 aromatic heterocycles.